The lowest BCUT2D eigenvalue weighted by atomic mass is 9.68. The van der Waals surface area contributed by atoms with E-state index in [0.717, 1.165) is 45.9 Å². The van der Waals surface area contributed by atoms with Crippen LogP contribution >= 0.6 is 0 Å². The first-order valence-corrected chi connectivity index (χ1v) is 23.4. The van der Waals surface area contributed by atoms with Gasteiger partial charge in [-0.25, -0.2) is 9.59 Å². The Kier molecular flexibility index (Phi) is 12.9. The molecule has 0 spiro atoms. The highest BCUT2D eigenvalue weighted by Crippen LogP contribution is 2.57. The maximum atomic E-state index is 11.5. The lowest BCUT2D eigenvalue weighted by Gasteiger charge is -2.34. The molecule has 346 valence electrons. The maximum absolute atomic E-state index is 11.5. The number of hydrogen-bond donors (Lipinski definition) is 0. The third kappa shape index (κ3) is 8.28. The average molecular weight is 923 g/mol. The van der Waals surface area contributed by atoms with E-state index in [1.807, 2.05) is 48.5 Å². The van der Waals surface area contributed by atoms with Crippen LogP contribution in [0.5, 0.6) is 23.0 Å². The highest BCUT2D eigenvalue weighted by molar-refractivity contribution is 5.88. The Morgan fingerprint density at radius 1 is 0.329 bits per heavy atom. The molecule has 8 aromatic carbocycles. The second-order valence-corrected chi connectivity index (χ2v) is 16.9. The molecule has 8 aromatic rings. The van der Waals surface area contributed by atoms with Crippen LogP contribution in [-0.4, -0.2) is 51.6 Å². The van der Waals surface area contributed by atoms with E-state index in [4.69, 9.17) is 28.4 Å². The number of carbonyl (C=O) groups excluding carboxylic acids is 2. The molecular formula is C62H50O8. The first kappa shape index (κ1) is 45.2. The fraction of sp³-hybridized carbons (Fsp3) is 0.129. The summed E-state index contributed by atoms with van der Waals surface area (Å²) < 4.78 is 34.6. The summed E-state index contributed by atoms with van der Waals surface area (Å²) in [5.41, 5.74) is 12.8. The van der Waals surface area contributed by atoms with Gasteiger partial charge in [0, 0.05) is 12.2 Å². The zero-order valence-corrected chi connectivity index (χ0v) is 38.6. The number of esters is 2. The molecular weight excluding hydrogens is 873 g/mol. The number of benzene rings is 8. The maximum Gasteiger partial charge on any atom is 0.330 e. The molecule has 0 heterocycles. The smallest absolute Gasteiger partial charge is 0.330 e. The van der Waals surface area contributed by atoms with Crippen LogP contribution < -0.4 is 18.9 Å². The van der Waals surface area contributed by atoms with Gasteiger partial charge in [-0.05, 0) is 115 Å². The number of hydrogen-bond acceptors (Lipinski definition) is 8. The standard InChI is InChI=1S/C62H50O8/c1-3-59(63)69-41-39-67-49-33-25-45(26-34-49)61(55-17-9-5-13-51(55)52-14-6-10-18-56(52)61)43-21-29-47(30-22-43)65-37-38-66-48-31-23-44(24-32-48)62(46-27-35-50(36-28-46)68-40-42-70-60(64)4-2)57-19-11-7-15-53(57)54-16-8-12-20-58(54)62/h3-36H,1-2,37-42H2. The van der Waals surface area contributed by atoms with Crippen LogP contribution in [0.2, 0.25) is 0 Å². The summed E-state index contributed by atoms with van der Waals surface area (Å²) in [5.74, 6) is 1.90. The molecule has 8 heteroatoms. The van der Waals surface area contributed by atoms with Gasteiger partial charge in [-0.2, -0.15) is 0 Å². The quantitative estimate of drug-likeness (QED) is 0.0450. The minimum absolute atomic E-state index is 0.132. The first-order chi connectivity index (χ1) is 34.4. The van der Waals surface area contributed by atoms with Crippen LogP contribution in [-0.2, 0) is 29.9 Å². The summed E-state index contributed by atoms with van der Waals surface area (Å²) in [4.78, 5) is 23.0. The van der Waals surface area contributed by atoms with E-state index in [-0.39, 0.29) is 26.4 Å². The molecule has 0 unspecified atom stereocenters. The van der Waals surface area contributed by atoms with E-state index in [2.05, 4.69) is 159 Å². The van der Waals surface area contributed by atoms with Gasteiger partial charge in [0.2, 0.25) is 0 Å². The van der Waals surface area contributed by atoms with E-state index in [1.165, 1.54) is 44.5 Å². The lowest BCUT2D eigenvalue weighted by molar-refractivity contribution is -0.139. The molecule has 8 nitrogen and oxygen atoms in total. The van der Waals surface area contributed by atoms with Crippen LogP contribution in [0.25, 0.3) is 22.3 Å². The van der Waals surface area contributed by atoms with Crippen molar-refractivity contribution in [1.82, 2.24) is 0 Å². The van der Waals surface area contributed by atoms with Crippen molar-refractivity contribution < 1.29 is 38.0 Å². The molecule has 2 aliphatic carbocycles. The third-order valence-corrected chi connectivity index (χ3v) is 13.2. The van der Waals surface area contributed by atoms with Gasteiger partial charge in [-0.15, -0.1) is 0 Å². The van der Waals surface area contributed by atoms with Gasteiger partial charge in [0.1, 0.15) is 62.6 Å². The fourth-order valence-electron chi connectivity index (χ4n) is 10.3. The normalized spacial score (nSPS) is 13.1. The van der Waals surface area contributed by atoms with Crippen molar-refractivity contribution in [3.8, 4) is 45.3 Å². The van der Waals surface area contributed by atoms with Gasteiger partial charge in [0.05, 0.1) is 10.8 Å². The van der Waals surface area contributed by atoms with Crippen molar-refractivity contribution in [2.75, 3.05) is 39.6 Å². The second kappa shape index (κ2) is 19.9. The highest BCUT2D eigenvalue weighted by atomic mass is 16.6. The van der Waals surface area contributed by atoms with Gasteiger partial charge >= 0.3 is 11.9 Å². The van der Waals surface area contributed by atoms with E-state index >= 15 is 0 Å². The van der Waals surface area contributed by atoms with Crippen LogP contribution in [0, 0.1) is 0 Å². The van der Waals surface area contributed by atoms with Gasteiger partial charge in [0.25, 0.3) is 0 Å². The van der Waals surface area contributed by atoms with Crippen molar-refractivity contribution >= 4 is 11.9 Å². The Labute approximate surface area is 408 Å². The van der Waals surface area contributed by atoms with Gasteiger partial charge in [-0.3, -0.25) is 0 Å². The van der Waals surface area contributed by atoms with Crippen molar-refractivity contribution in [2.24, 2.45) is 0 Å². The predicted molar refractivity (Wildman–Crippen MR) is 272 cm³/mol. The van der Waals surface area contributed by atoms with Crippen LogP contribution in [0.3, 0.4) is 0 Å². The predicted octanol–water partition coefficient (Wildman–Crippen LogP) is 12.1. The van der Waals surface area contributed by atoms with Crippen molar-refractivity contribution in [2.45, 2.75) is 10.8 Å². The fourth-order valence-corrected chi connectivity index (χ4v) is 10.3. The molecule has 0 fully saturated rings. The SMILES string of the molecule is C=CC(=O)OCCOc1ccc(C2(c3ccc(OCCOc4ccc(C5(c6ccc(OCCOC(=O)C=C)cc6)c6ccccc6-c6ccccc65)cc4)cc3)c3ccccc3-c3ccccc32)cc1. The Bertz CT molecular complexity index is 2870. The lowest BCUT2D eigenvalue weighted by Crippen LogP contribution is -2.28. The van der Waals surface area contributed by atoms with Crippen molar-refractivity contribution in [3.05, 3.63) is 264 Å². The largest absolute Gasteiger partial charge is 0.490 e. The topological polar surface area (TPSA) is 89.5 Å². The Morgan fingerprint density at radius 3 is 0.800 bits per heavy atom. The molecule has 0 bridgehead atoms. The molecule has 0 saturated carbocycles. The Morgan fingerprint density at radius 2 is 0.557 bits per heavy atom. The minimum atomic E-state index is -0.595. The van der Waals surface area contributed by atoms with Crippen LogP contribution in [0.4, 0.5) is 0 Å². The Hall–Kier alpha value is -8.62. The average Bonchev–Trinajstić information content (AvgIpc) is 3.89. The number of carbonyl (C=O) groups is 2. The summed E-state index contributed by atoms with van der Waals surface area (Å²) in [5, 5.41) is 0. The molecule has 0 aliphatic heterocycles. The van der Waals surface area contributed by atoms with Gasteiger partial charge < -0.3 is 28.4 Å². The summed E-state index contributed by atoms with van der Waals surface area (Å²) in [6, 6.07) is 67.6. The third-order valence-electron chi connectivity index (χ3n) is 13.2. The monoisotopic (exact) mass is 922 g/mol. The highest BCUT2D eigenvalue weighted by Gasteiger charge is 2.47. The zero-order chi connectivity index (χ0) is 47.9. The van der Waals surface area contributed by atoms with Crippen molar-refractivity contribution in [1.29, 1.82) is 0 Å². The van der Waals surface area contributed by atoms with E-state index in [9.17, 15) is 9.59 Å². The molecule has 0 saturated heterocycles. The van der Waals surface area contributed by atoms with E-state index < -0.39 is 22.8 Å². The Balaban J connectivity index is 0.854. The summed E-state index contributed by atoms with van der Waals surface area (Å²) in [7, 11) is 0. The molecule has 2 aliphatic rings. The molecule has 0 amide bonds. The summed E-state index contributed by atoms with van der Waals surface area (Å²) in [6.07, 6.45) is 2.28. The van der Waals surface area contributed by atoms with Crippen LogP contribution in [0.1, 0.15) is 44.5 Å². The summed E-state index contributed by atoms with van der Waals surface area (Å²) >= 11 is 0. The molecule has 10 rings (SSSR count). The zero-order valence-electron chi connectivity index (χ0n) is 38.6. The summed E-state index contributed by atoms with van der Waals surface area (Å²) in [6.45, 7) is 8.31. The molecule has 0 N–H and O–H groups in total. The van der Waals surface area contributed by atoms with Gasteiger partial charge in [0.15, 0.2) is 0 Å². The van der Waals surface area contributed by atoms with Crippen LogP contribution in [0.15, 0.2) is 219 Å². The number of ether oxygens (including phenoxy) is 6. The first-order valence-electron chi connectivity index (χ1n) is 23.4. The minimum Gasteiger partial charge on any atom is -0.490 e. The van der Waals surface area contributed by atoms with Gasteiger partial charge in [-0.1, -0.05) is 159 Å². The van der Waals surface area contributed by atoms with Crippen molar-refractivity contribution in [3.63, 3.8) is 0 Å². The number of fused-ring (bicyclic) bond motifs is 6. The number of rotatable bonds is 19. The molecule has 0 aromatic heterocycles. The van der Waals surface area contributed by atoms with E-state index in [1.54, 1.807) is 0 Å². The van der Waals surface area contributed by atoms with E-state index in [0.29, 0.717) is 24.7 Å². The second-order valence-electron chi connectivity index (χ2n) is 16.9. The molecule has 70 heavy (non-hydrogen) atoms. The molecule has 0 radical (unpaired) electrons. The molecule has 0 atom stereocenters.